The van der Waals surface area contributed by atoms with Crippen molar-refractivity contribution in [1.29, 1.82) is 0 Å². The summed E-state index contributed by atoms with van der Waals surface area (Å²) < 4.78 is 5.58. The molecule has 1 fully saturated rings. The number of nitrogens with one attached hydrogen (secondary N) is 1. The number of carboxylic acids is 3. The average molecular weight is 507 g/mol. The highest BCUT2D eigenvalue weighted by Crippen LogP contribution is 2.23. The fraction of sp³-hybridized carbons (Fsp3) is 0.520. The number of carbonyl (C=O) groups is 4. The number of nitrogens with zero attached hydrogens (tertiary/aromatic N) is 1. The summed E-state index contributed by atoms with van der Waals surface area (Å²) in [6, 6.07) is 6.35. The first-order chi connectivity index (χ1) is 16.9. The maximum absolute atomic E-state index is 12.4. The minimum Gasteiger partial charge on any atom is -0.481 e. The summed E-state index contributed by atoms with van der Waals surface area (Å²) in [5.74, 6) is -4.94. The molecule has 0 radical (unpaired) electrons. The molecular formula is C25H34N2O9. The lowest BCUT2D eigenvalue weighted by atomic mass is 9.96. The Morgan fingerprint density at radius 1 is 1.08 bits per heavy atom. The topological polar surface area (TPSA) is 178 Å². The first-order valence-electron chi connectivity index (χ1n) is 11.8. The van der Waals surface area contributed by atoms with E-state index in [4.69, 9.17) is 24.8 Å². The summed E-state index contributed by atoms with van der Waals surface area (Å²) in [7, 11) is 0. The lowest BCUT2D eigenvalue weighted by Crippen LogP contribution is -2.43. The van der Waals surface area contributed by atoms with Crippen molar-refractivity contribution in [2.45, 2.75) is 64.0 Å². The maximum atomic E-state index is 12.4. The number of hydrogen-bond donors (Lipinski definition) is 5. The van der Waals surface area contributed by atoms with Crippen LogP contribution in [-0.4, -0.2) is 80.4 Å². The van der Waals surface area contributed by atoms with Gasteiger partial charge in [0.2, 0.25) is 5.91 Å². The van der Waals surface area contributed by atoms with Crippen molar-refractivity contribution >= 4 is 34.8 Å². The highest BCUT2D eigenvalue weighted by atomic mass is 16.4. The van der Waals surface area contributed by atoms with Crippen LogP contribution in [0, 0.1) is 6.92 Å². The van der Waals surface area contributed by atoms with Crippen LogP contribution in [0.3, 0.4) is 0 Å². The van der Waals surface area contributed by atoms with Crippen molar-refractivity contribution in [2.75, 3.05) is 19.6 Å². The SMILES string of the molecule is CCC(CN1CCCC1)NC(=O)Cc1coc2cc(C)ccc12.O=C(O)CC(O)(CC(=O)O)C(=O)O. The molecule has 198 valence electrons. The van der Waals surface area contributed by atoms with Gasteiger partial charge in [0, 0.05) is 23.5 Å². The third-order valence-corrected chi connectivity index (χ3v) is 5.98. The fourth-order valence-corrected chi connectivity index (χ4v) is 4.05. The highest BCUT2D eigenvalue weighted by Gasteiger charge is 2.40. The second-order valence-electron chi connectivity index (χ2n) is 9.10. The second-order valence-corrected chi connectivity index (χ2v) is 9.10. The molecule has 1 amide bonds. The van der Waals surface area contributed by atoms with E-state index >= 15 is 0 Å². The predicted molar refractivity (Wildman–Crippen MR) is 130 cm³/mol. The standard InChI is InChI=1S/C19H26N2O2.C6H8O7/c1-3-16(12-21-8-4-5-9-21)20-19(22)11-15-13-23-18-10-14(2)6-7-17(15)18;7-3(8)1-6(13,5(11)12)2-4(9)10/h6-7,10,13,16H,3-5,8-9,11-12H2,1-2H3,(H,20,22);13H,1-2H2,(H,7,8)(H,9,10)(H,11,12). The van der Waals surface area contributed by atoms with Gasteiger partial charge in [-0.2, -0.15) is 0 Å². The first kappa shape index (κ1) is 28.8. The summed E-state index contributed by atoms with van der Waals surface area (Å²) in [5, 5.41) is 38.0. The molecule has 0 bridgehead atoms. The summed E-state index contributed by atoms with van der Waals surface area (Å²) in [6.07, 6.45) is 3.34. The quantitative estimate of drug-likeness (QED) is 0.303. The van der Waals surface area contributed by atoms with Crippen LogP contribution in [0.4, 0.5) is 0 Å². The summed E-state index contributed by atoms with van der Waals surface area (Å²) in [6.45, 7) is 7.47. The van der Waals surface area contributed by atoms with E-state index in [9.17, 15) is 19.2 Å². The summed E-state index contributed by atoms with van der Waals surface area (Å²) in [5.41, 5.74) is 0.252. The van der Waals surface area contributed by atoms with E-state index in [0.717, 1.165) is 42.6 Å². The molecule has 2 heterocycles. The number of furan rings is 1. The van der Waals surface area contributed by atoms with Crippen LogP contribution >= 0.6 is 0 Å². The zero-order valence-electron chi connectivity index (χ0n) is 20.5. The van der Waals surface area contributed by atoms with Crippen LogP contribution in [-0.2, 0) is 25.6 Å². The second kappa shape index (κ2) is 13.0. The molecule has 1 aliphatic rings. The van der Waals surface area contributed by atoms with Crippen LogP contribution < -0.4 is 5.32 Å². The predicted octanol–water partition coefficient (Wildman–Crippen LogP) is 2.03. The molecule has 1 saturated heterocycles. The van der Waals surface area contributed by atoms with Crippen molar-refractivity contribution in [2.24, 2.45) is 0 Å². The molecule has 2 aromatic rings. The zero-order valence-corrected chi connectivity index (χ0v) is 20.5. The van der Waals surface area contributed by atoms with Gasteiger partial charge in [0.05, 0.1) is 25.5 Å². The van der Waals surface area contributed by atoms with Gasteiger partial charge < -0.3 is 35.1 Å². The van der Waals surface area contributed by atoms with Crippen LogP contribution in [0.5, 0.6) is 0 Å². The van der Waals surface area contributed by atoms with Crippen molar-refractivity contribution in [3.05, 3.63) is 35.6 Å². The van der Waals surface area contributed by atoms with Crippen molar-refractivity contribution in [3.63, 3.8) is 0 Å². The molecule has 1 unspecified atom stereocenters. The van der Waals surface area contributed by atoms with Crippen molar-refractivity contribution in [3.8, 4) is 0 Å². The van der Waals surface area contributed by atoms with Gasteiger partial charge in [0.1, 0.15) is 5.58 Å². The molecule has 3 rings (SSSR count). The highest BCUT2D eigenvalue weighted by molar-refractivity contribution is 5.88. The molecule has 0 aliphatic carbocycles. The number of aliphatic hydroxyl groups is 1. The first-order valence-corrected chi connectivity index (χ1v) is 11.8. The number of carboxylic acid groups (broad SMARTS) is 3. The number of fused-ring (bicyclic) bond motifs is 1. The summed E-state index contributed by atoms with van der Waals surface area (Å²) in [4.78, 5) is 45.3. The largest absolute Gasteiger partial charge is 0.481 e. The molecular weight excluding hydrogens is 472 g/mol. The smallest absolute Gasteiger partial charge is 0.336 e. The maximum Gasteiger partial charge on any atom is 0.336 e. The normalized spacial score (nSPS) is 14.6. The molecule has 0 saturated carbocycles. The van der Waals surface area contributed by atoms with Gasteiger partial charge >= 0.3 is 17.9 Å². The number of rotatable bonds is 11. The molecule has 1 atom stereocenters. The fourth-order valence-electron chi connectivity index (χ4n) is 4.05. The van der Waals surface area contributed by atoms with E-state index < -0.39 is 36.4 Å². The van der Waals surface area contributed by atoms with E-state index in [-0.39, 0.29) is 11.9 Å². The molecule has 36 heavy (non-hydrogen) atoms. The van der Waals surface area contributed by atoms with E-state index in [1.165, 1.54) is 18.4 Å². The molecule has 1 aromatic carbocycles. The molecule has 5 N–H and O–H groups in total. The van der Waals surface area contributed by atoms with Crippen molar-refractivity contribution < 1.29 is 44.0 Å². The van der Waals surface area contributed by atoms with E-state index in [0.29, 0.717) is 6.42 Å². The van der Waals surface area contributed by atoms with Gasteiger partial charge in [0.25, 0.3) is 0 Å². The van der Waals surface area contributed by atoms with E-state index in [2.05, 4.69) is 23.2 Å². The number of amides is 1. The minimum absolute atomic E-state index is 0.0827. The van der Waals surface area contributed by atoms with Crippen LogP contribution in [0.25, 0.3) is 11.0 Å². The molecule has 1 aromatic heterocycles. The number of likely N-dealkylation sites (tertiary alicyclic amines) is 1. The van der Waals surface area contributed by atoms with Gasteiger partial charge in [0.15, 0.2) is 5.60 Å². The monoisotopic (exact) mass is 506 g/mol. The summed E-state index contributed by atoms with van der Waals surface area (Å²) >= 11 is 0. The van der Waals surface area contributed by atoms with Gasteiger partial charge in [-0.15, -0.1) is 0 Å². The number of aryl methyl sites for hydroxylation is 1. The Morgan fingerprint density at radius 2 is 1.69 bits per heavy atom. The Hall–Kier alpha value is -3.44. The average Bonchev–Trinajstić information content (AvgIpc) is 3.42. The lowest BCUT2D eigenvalue weighted by molar-refractivity contribution is -0.170. The molecule has 11 nitrogen and oxygen atoms in total. The minimum atomic E-state index is -2.74. The Kier molecular flexibility index (Phi) is 10.4. The van der Waals surface area contributed by atoms with Gasteiger partial charge in [-0.05, 0) is 50.9 Å². The Morgan fingerprint density at radius 3 is 2.22 bits per heavy atom. The van der Waals surface area contributed by atoms with Crippen molar-refractivity contribution in [1.82, 2.24) is 10.2 Å². The van der Waals surface area contributed by atoms with E-state index in [1.807, 2.05) is 19.1 Å². The van der Waals surface area contributed by atoms with Gasteiger partial charge in [-0.1, -0.05) is 19.1 Å². The zero-order chi connectivity index (χ0) is 26.9. The van der Waals surface area contributed by atoms with Gasteiger partial charge in [-0.25, -0.2) is 4.79 Å². The third-order valence-electron chi connectivity index (χ3n) is 5.98. The third kappa shape index (κ3) is 8.65. The number of benzene rings is 1. The van der Waals surface area contributed by atoms with Crippen LogP contribution in [0.1, 0.15) is 50.2 Å². The Balaban J connectivity index is 0.000000302. The Bertz CT molecular complexity index is 1060. The number of aliphatic carboxylic acids is 3. The van der Waals surface area contributed by atoms with Crippen LogP contribution in [0.15, 0.2) is 28.9 Å². The van der Waals surface area contributed by atoms with Crippen LogP contribution in [0.2, 0.25) is 0 Å². The van der Waals surface area contributed by atoms with E-state index in [1.54, 1.807) is 6.26 Å². The van der Waals surface area contributed by atoms with Gasteiger partial charge in [-0.3, -0.25) is 14.4 Å². The lowest BCUT2D eigenvalue weighted by Gasteiger charge is -2.23. The number of hydrogen-bond acceptors (Lipinski definition) is 7. The molecule has 1 aliphatic heterocycles. The molecule has 0 spiro atoms. The number of carbonyl (C=O) groups excluding carboxylic acids is 1. The Labute approximate surface area is 208 Å². The molecule has 11 heteroatoms.